The van der Waals surface area contributed by atoms with Gasteiger partial charge in [0.2, 0.25) is 0 Å². The fraction of sp³-hybridized carbons (Fsp3) is 0.455. The van der Waals surface area contributed by atoms with Crippen LogP contribution in [0.1, 0.15) is 23.2 Å². The first-order valence-corrected chi connectivity index (χ1v) is 5.18. The van der Waals surface area contributed by atoms with Crippen LogP contribution in [0, 0.1) is 5.41 Å². The van der Waals surface area contributed by atoms with Crippen molar-refractivity contribution in [3.05, 3.63) is 24.0 Å². The summed E-state index contributed by atoms with van der Waals surface area (Å²) in [5.41, 5.74) is 0.216. The Hall–Kier alpha value is -1.62. The summed E-state index contributed by atoms with van der Waals surface area (Å²) in [6.45, 7) is 0.573. The van der Waals surface area contributed by atoms with Gasteiger partial charge in [-0.25, -0.2) is 0 Å². The molecule has 0 bridgehead atoms. The third-order valence-electron chi connectivity index (χ3n) is 2.90. The topological polar surface area (TPSA) is 82.5 Å². The summed E-state index contributed by atoms with van der Waals surface area (Å²) < 4.78 is 0. The second-order valence-corrected chi connectivity index (χ2v) is 4.27. The van der Waals surface area contributed by atoms with Gasteiger partial charge in [-0.15, -0.1) is 0 Å². The molecule has 1 aromatic rings. The number of rotatable bonds is 4. The largest absolute Gasteiger partial charge is 0.506 e. The molecule has 1 saturated carbocycles. The number of amides is 1. The van der Waals surface area contributed by atoms with E-state index in [-0.39, 0.29) is 23.7 Å². The first kappa shape index (κ1) is 10.9. The number of nitrogens with zero attached hydrogens (tertiary/aromatic N) is 1. The van der Waals surface area contributed by atoms with Gasteiger partial charge in [0.15, 0.2) is 0 Å². The van der Waals surface area contributed by atoms with E-state index in [0.29, 0.717) is 12.1 Å². The Labute approximate surface area is 93.1 Å². The molecule has 1 heterocycles. The quantitative estimate of drug-likeness (QED) is 0.683. The van der Waals surface area contributed by atoms with Gasteiger partial charge in [0, 0.05) is 18.2 Å². The van der Waals surface area contributed by atoms with Crippen LogP contribution in [0.2, 0.25) is 0 Å². The monoisotopic (exact) mass is 222 g/mol. The summed E-state index contributed by atoms with van der Waals surface area (Å²) in [7, 11) is 0. The van der Waals surface area contributed by atoms with Gasteiger partial charge in [0.1, 0.15) is 5.75 Å². The van der Waals surface area contributed by atoms with Gasteiger partial charge in [-0.2, -0.15) is 0 Å². The van der Waals surface area contributed by atoms with E-state index in [1.165, 1.54) is 18.5 Å². The summed E-state index contributed by atoms with van der Waals surface area (Å²) in [4.78, 5) is 15.4. The summed E-state index contributed by atoms with van der Waals surface area (Å²) in [6, 6.07) is 1.36. The molecule has 2 rings (SSSR count). The van der Waals surface area contributed by atoms with E-state index in [2.05, 4.69) is 10.3 Å². The van der Waals surface area contributed by atoms with Crippen LogP contribution in [-0.2, 0) is 0 Å². The Morgan fingerprint density at radius 1 is 1.50 bits per heavy atom. The van der Waals surface area contributed by atoms with Crippen LogP contribution < -0.4 is 5.32 Å². The maximum atomic E-state index is 11.6. The molecule has 5 nitrogen and oxygen atoms in total. The molecule has 0 atom stereocenters. The van der Waals surface area contributed by atoms with E-state index in [4.69, 9.17) is 10.2 Å². The SMILES string of the molecule is O=C(NCC1(CO)CC1)c1cncc(O)c1. The van der Waals surface area contributed by atoms with E-state index in [0.717, 1.165) is 12.8 Å². The molecule has 0 spiro atoms. The predicted octanol–water partition coefficient (Wildman–Crippen LogP) is 0.289. The summed E-state index contributed by atoms with van der Waals surface area (Å²) in [5.74, 6) is -0.306. The van der Waals surface area contributed by atoms with E-state index in [1.54, 1.807) is 0 Å². The zero-order valence-electron chi connectivity index (χ0n) is 8.81. The molecule has 0 aliphatic heterocycles. The lowest BCUT2D eigenvalue weighted by molar-refractivity contribution is 0.0934. The Balaban J connectivity index is 1.93. The predicted molar refractivity (Wildman–Crippen MR) is 57.0 cm³/mol. The lowest BCUT2D eigenvalue weighted by atomic mass is 10.1. The van der Waals surface area contributed by atoms with Gasteiger partial charge in [0.05, 0.1) is 18.4 Å². The van der Waals surface area contributed by atoms with Crippen LogP contribution >= 0.6 is 0 Å². The molecular weight excluding hydrogens is 208 g/mol. The van der Waals surface area contributed by atoms with Crippen molar-refractivity contribution in [2.24, 2.45) is 5.41 Å². The van der Waals surface area contributed by atoms with Gasteiger partial charge < -0.3 is 15.5 Å². The molecule has 86 valence electrons. The van der Waals surface area contributed by atoms with Crippen LogP contribution in [-0.4, -0.2) is 34.3 Å². The minimum atomic E-state index is -0.275. The highest BCUT2D eigenvalue weighted by atomic mass is 16.3. The second-order valence-electron chi connectivity index (χ2n) is 4.27. The van der Waals surface area contributed by atoms with Crippen molar-refractivity contribution in [2.45, 2.75) is 12.8 Å². The summed E-state index contributed by atoms with van der Waals surface area (Å²) >= 11 is 0. The highest BCUT2D eigenvalue weighted by Gasteiger charge is 2.42. The maximum absolute atomic E-state index is 11.6. The van der Waals surface area contributed by atoms with Crippen molar-refractivity contribution < 1.29 is 15.0 Å². The highest BCUT2D eigenvalue weighted by molar-refractivity contribution is 5.94. The van der Waals surface area contributed by atoms with Gasteiger partial charge >= 0.3 is 0 Å². The summed E-state index contributed by atoms with van der Waals surface area (Å²) in [5, 5.41) is 21.0. The van der Waals surface area contributed by atoms with Crippen molar-refractivity contribution in [2.75, 3.05) is 13.2 Å². The highest BCUT2D eigenvalue weighted by Crippen LogP contribution is 2.44. The molecule has 0 saturated heterocycles. The maximum Gasteiger partial charge on any atom is 0.253 e. The molecule has 0 aromatic carbocycles. The number of aliphatic hydroxyl groups is 1. The minimum absolute atomic E-state index is 0.0315. The molecule has 1 aliphatic carbocycles. The van der Waals surface area contributed by atoms with Crippen LogP contribution in [0.3, 0.4) is 0 Å². The second kappa shape index (κ2) is 4.09. The number of aliphatic hydroxyl groups excluding tert-OH is 1. The first-order valence-electron chi connectivity index (χ1n) is 5.18. The fourth-order valence-electron chi connectivity index (χ4n) is 1.49. The lowest BCUT2D eigenvalue weighted by Gasteiger charge is -2.12. The number of carbonyl (C=O) groups excluding carboxylic acids is 1. The molecule has 0 unspecified atom stereocenters. The average molecular weight is 222 g/mol. The van der Waals surface area contributed by atoms with Crippen LogP contribution in [0.5, 0.6) is 5.75 Å². The smallest absolute Gasteiger partial charge is 0.253 e. The number of aromatic hydroxyl groups is 1. The third-order valence-corrected chi connectivity index (χ3v) is 2.90. The standard InChI is InChI=1S/C11H14N2O3/c14-7-11(1-2-11)6-13-10(16)8-3-9(15)5-12-4-8/h3-5,14-15H,1-2,6-7H2,(H,13,16). The van der Waals surface area contributed by atoms with Crippen molar-refractivity contribution in [3.8, 4) is 5.75 Å². The molecule has 3 N–H and O–H groups in total. The molecule has 5 heteroatoms. The van der Waals surface area contributed by atoms with Gasteiger partial charge in [-0.05, 0) is 18.9 Å². The van der Waals surface area contributed by atoms with Gasteiger partial charge in [-0.3, -0.25) is 9.78 Å². The van der Waals surface area contributed by atoms with Crippen LogP contribution in [0.15, 0.2) is 18.5 Å². The normalized spacial score (nSPS) is 16.8. The molecule has 16 heavy (non-hydrogen) atoms. The number of carbonyl (C=O) groups is 1. The van der Waals surface area contributed by atoms with Crippen LogP contribution in [0.25, 0.3) is 0 Å². The Bertz CT molecular complexity index is 402. The Kier molecular flexibility index (Phi) is 2.78. The summed E-state index contributed by atoms with van der Waals surface area (Å²) in [6.07, 6.45) is 4.56. The zero-order valence-corrected chi connectivity index (χ0v) is 8.81. The number of hydrogen-bond acceptors (Lipinski definition) is 4. The lowest BCUT2D eigenvalue weighted by Crippen LogP contribution is -2.31. The Morgan fingerprint density at radius 2 is 2.25 bits per heavy atom. The van der Waals surface area contributed by atoms with Crippen molar-refractivity contribution in [1.29, 1.82) is 0 Å². The Morgan fingerprint density at radius 3 is 2.81 bits per heavy atom. The molecule has 1 aromatic heterocycles. The van der Waals surface area contributed by atoms with Crippen molar-refractivity contribution in [3.63, 3.8) is 0 Å². The van der Waals surface area contributed by atoms with Crippen molar-refractivity contribution in [1.82, 2.24) is 10.3 Å². The number of nitrogens with one attached hydrogen (secondary N) is 1. The third kappa shape index (κ3) is 2.30. The molecule has 0 radical (unpaired) electrons. The van der Waals surface area contributed by atoms with Crippen molar-refractivity contribution >= 4 is 5.91 Å². The van der Waals surface area contributed by atoms with E-state index < -0.39 is 0 Å². The minimum Gasteiger partial charge on any atom is -0.506 e. The van der Waals surface area contributed by atoms with E-state index in [9.17, 15) is 4.79 Å². The zero-order chi connectivity index (χ0) is 11.6. The molecular formula is C11H14N2O3. The fourth-order valence-corrected chi connectivity index (χ4v) is 1.49. The van der Waals surface area contributed by atoms with E-state index >= 15 is 0 Å². The van der Waals surface area contributed by atoms with Gasteiger partial charge in [0.25, 0.3) is 5.91 Å². The molecule has 1 amide bonds. The van der Waals surface area contributed by atoms with Crippen LogP contribution in [0.4, 0.5) is 0 Å². The number of pyridine rings is 1. The number of hydrogen-bond donors (Lipinski definition) is 3. The molecule has 1 fully saturated rings. The first-order chi connectivity index (χ1) is 7.65. The van der Waals surface area contributed by atoms with Gasteiger partial charge in [-0.1, -0.05) is 0 Å². The molecule has 1 aliphatic rings. The number of aromatic nitrogens is 1. The average Bonchev–Trinajstić information content (AvgIpc) is 3.07. The van der Waals surface area contributed by atoms with E-state index in [1.807, 2.05) is 0 Å².